The van der Waals surface area contributed by atoms with Gasteiger partial charge in [-0.25, -0.2) is 4.98 Å². The molecule has 0 bridgehead atoms. The molecule has 2 aromatic rings. The van der Waals surface area contributed by atoms with Gasteiger partial charge in [-0.15, -0.1) is 11.3 Å². The van der Waals surface area contributed by atoms with Crippen molar-refractivity contribution in [3.05, 3.63) is 45.9 Å². The number of anilines is 1. The number of nitrogens with two attached hydrogens (primary N) is 1. The molecule has 0 aliphatic rings. The van der Waals surface area contributed by atoms with Gasteiger partial charge in [0, 0.05) is 17.5 Å². The topological polar surface area (TPSA) is 38.9 Å². The van der Waals surface area contributed by atoms with Gasteiger partial charge in [-0.3, -0.25) is 0 Å². The Kier molecular flexibility index (Phi) is 3.02. The Labute approximate surface area is 93.8 Å². The van der Waals surface area contributed by atoms with Gasteiger partial charge in [-0.2, -0.15) is 0 Å². The van der Waals surface area contributed by atoms with Gasteiger partial charge in [-0.05, 0) is 24.1 Å². The van der Waals surface area contributed by atoms with E-state index in [1.165, 1.54) is 11.3 Å². The lowest BCUT2D eigenvalue weighted by Crippen LogP contribution is -1.91. The molecule has 0 fully saturated rings. The van der Waals surface area contributed by atoms with E-state index >= 15 is 0 Å². The first-order chi connectivity index (χ1) is 7.28. The highest BCUT2D eigenvalue weighted by atomic mass is 32.1. The second-order valence-corrected chi connectivity index (χ2v) is 4.45. The predicted molar refractivity (Wildman–Crippen MR) is 65.2 cm³/mol. The highest BCUT2D eigenvalue weighted by molar-refractivity contribution is 7.09. The van der Waals surface area contributed by atoms with Crippen LogP contribution in [0, 0.1) is 0 Å². The molecule has 1 heterocycles. The van der Waals surface area contributed by atoms with E-state index < -0.39 is 0 Å². The lowest BCUT2D eigenvalue weighted by atomic mass is 10.1. The molecule has 0 unspecified atom stereocenters. The first-order valence-electron chi connectivity index (χ1n) is 5.05. The van der Waals surface area contributed by atoms with Crippen LogP contribution in [0.1, 0.15) is 23.2 Å². The van der Waals surface area contributed by atoms with Gasteiger partial charge in [0.05, 0.1) is 10.7 Å². The maximum absolute atomic E-state index is 5.73. The van der Waals surface area contributed by atoms with Crippen LogP contribution in [0.2, 0.25) is 0 Å². The molecular formula is C12H14N2S. The van der Waals surface area contributed by atoms with E-state index in [9.17, 15) is 0 Å². The number of aryl methyl sites for hydroxylation is 1. The second kappa shape index (κ2) is 4.45. The standard InChI is InChI=1S/C12H14N2S/c1-2-11-8-15-12(14-11)7-9-4-3-5-10(13)6-9/h3-6,8H,2,7,13H2,1H3. The zero-order valence-electron chi connectivity index (χ0n) is 8.73. The predicted octanol–water partition coefficient (Wildman–Crippen LogP) is 2.88. The first kappa shape index (κ1) is 10.2. The van der Waals surface area contributed by atoms with Crippen molar-refractivity contribution in [1.29, 1.82) is 0 Å². The molecule has 0 amide bonds. The van der Waals surface area contributed by atoms with E-state index in [2.05, 4.69) is 23.4 Å². The fourth-order valence-corrected chi connectivity index (χ4v) is 2.38. The lowest BCUT2D eigenvalue weighted by molar-refractivity contribution is 1.02. The Morgan fingerprint density at radius 2 is 2.27 bits per heavy atom. The fourth-order valence-electron chi connectivity index (χ4n) is 1.47. The molecule has 78 valence electrons. The highest BCUT2D eigenvalue weighted by Gasteiger charge is 2.02. The van der Waals surface area contributed by atoms with Gasteiger partial charge in [0.1, 0.15) is 0 Å². The smallest absolute Gasteiger partial charge is 0.0972 e. The quantitative estimate of drug-likeness (QED) is 0.804. The average molecular weight is 218 g/mol. The SMILES string of the molecule is CCc1csc(Cc2cccc(N)c2)n1. The minimum Gasteiger partial charge on any atom is -0.399 e. The molecule has 2 N–H and O–H groups in total. The number of hydrogen-bond donors (Lipinski definition) is 1. The Balaban J connectivity index is 2.14. The van der Waals surface area contributed by atoms with Crippen LogP contribution < -0.4 is 5.73 Å². The van der Waals surface area contributed by atoms with Crippen LogP contribution >= 0.6 is 11.3 Å². The molecule has 1 aromatic heterocycles. The summed E-state index contributed by atoms with van der Waals surface area (Å²) >= 11 is 1.72. The van der Waals surface area contributed by atoms with E-state index in [0.29, 0.717) is 0 Å². The summed E-state index contributed by atoms with van der Waals surface area (Å²) in [7, 11) is 0. The Bertz CT molecular complexity index is 448. The van der Waals surface area contributed by atoms with Crippen LogP contribution in [-0.4, -0.2) is 4.98 Å². The monoisotopic (exact) mass is 218 g/mol. The van der Waals surface area contributed by atoms with Crippen LogP contribution in [0.25, 0.3) is 0 Å². The van der Waals surface area contributed by atoms with Crippen molar-refractivity contribution >= 4 is 17.0 Å². The van der Waals surface area contributed by atoms with E-state index in [-0.39, 0.29) is 0 Å². The summed E-state index contributed by atoms with van der Waals surface area (Å²) in [4.78, 5) is 4.53. The zero-order valence-corrected chi connectivity index (χ0v) is 9.55. The zero-order chi connectivity index (χ0) is 10.7. The van der Waals surface area contributed by atoms with E-state index in [0.717, 1.165) is 23.5 Å². The van der Waals surface area contributed by atoms with Crippen LogP contribution in [0.4, 0.5) is 5.69 Å². The van der Waals surface area contributed by atoms with E-state index in [1.54, 1.807) is 11.3 Å². The Morgan fingerprint density at radius 3 is 2.93 bits per heavy atom. The van der Waals surface area contributed by atoms with Crippen molar-refractivity contribution in [2.75, 3.05) is 5.73 Å². The van der Waals surface area contributed by atoms with E-state index in [4.69, 9.17) is 5.73 Å². The van der Waals surface area contributed by atoms with Gasteiger partial charge >= 0.3 is 0 Å². The fraction of sp³-hybridized carbons (Fsp3) is 0.250. The number of rotatable bonds is 3. The maximum atomic E-state index is 5.73. The number of nitrogen functional groups attached to an aromatic ring is 1. The van der Waals surface area contributed by atoms with Gasteiger partial charge in [-0.1, -0.05) is 19.1 Å². The molecule has 0 saturated heterocycles. The minimum absolute atomic E-state index is 0.819. The third-order valence-electron chi connectivity index (χ3n) is 2.27. The summed E-state index contributed by atoms with van der Waals surface area (Å²) in [6.07, 6.45) is 1.89. The molecule has 0 aliphatic heterocycles. The number of hydrogen-bond acceptors (Lipinski definition) is 3. The van der Waals surface area contributed by atoms with Crippen molar-refractivity contribution < 1.29 is 0 Å². The first-order valence-corrected chi connectivity index (χ1v) is 5.93. The summed E-state index contributed by atoms with van der Waals surface area (Å²) in [5.74, 6) is 0. The van der Waals surface area contributed by atoms with Crippen LogP contribution in [0.15, 0.2) is 29.6 Å². The third kappa shape index (κ3) is 2.57. The Hall–Kier alpha value is -1.35. The molecular weight excluding hydrogens is 204 g/mol. The highest BCUT2D eigenvalue weighted by Crippen LogP contribution is 2.16. The van der Waals surface area contributed by atoms with Crippen molar-refractivity contribution in [3.63, 3.8) is 0 Å². The number of aromatic nitrogens is 1. The largest absolute Gasteiger partial charge is 0.399 e. The van der Waals surface area contributed by atoms with Crippen molar-refractivity contribution in [2.45, 2.75) is 19.8 Å². The van der Waals surface area contributed by atoms with Gasteiger partial charge in [0.15, 0.2) is 0 Å². The number of thiazole rings is 1. The Morgan fingerprint density at radius 1 is 1.40 bits per heavy atom. The summed E-state index contributed by atoms with van der Waals surface area (Å²) in [5, 5.41) is 3.29. The molecule has 2 rings (SSSR count). The molecule has 0 radical (unpaired) electrons. The molecule has 0 atom stereocenters. The van der Waals surface area contributed by atoms with Crippen LogP contribution in [0.3, 0.4) is 0 Å². The molecule has 0 saturated carbocycles. The van der Waals surface area contributed by atoms with Crippen LogP contribution in [0.5, 0.6) is 0 Å². The molecule has 2 nitrogen and oxygen atoms in total. The van der Waals surface area contributed by atoms with Crippen molar-refractivity contribution in [3.8, 4) is 0 Å². The molecule has 0 spiro atoms. The molecule has 0 aliphatic carbocycles. The summed E-state index contributed by atoms with van der Waals surface area (Å²) in [5.41, 5.74) is 8.95. The summed E-state index contributed by atoms with van der Waals surface area (Å²) in [6, 6.07) is 7.98. The normalized spacial score (nSPS) is 10.5. The minimum atomic E-state index is 0.819. The van der Waals surface area contributed by atoms with Crippen LogP contribution in [-0.2, 0) is 12.8 Å². The lowest BCUT2D eigenvalue weighted by Gasteiger charge is -1.99. The maximum Gasteiger partial charge on any atom is 0.0972 e. The van der Waals surface area contributed by atoms with Gasteiger partial charge in [0.2, 0.25) is 0 Å². The summed E-state index contributed by atoms with van der Waals surface area (Å²) < 4.78 is 0. The third-order valence-corrected chi connectivity index (χ3v) is 3.17. The molecule has 15 heavy (non-hydrogen) atoms. The summed E-state index contributed by atoms with van der Waals surface area (Å²) in [6.45, 7) is 2.12. The van der Waals surface area contributed by atoms with Crippen molar-refractivity contribution in [1.82, 2.24) is 4.98 Å². The number of nitrogens with zero attached hydrogens (tertiary/aromatic N) is 1. The molecule has 1 aromatic carbocycles. The second-order valence-electron chi connectivity index (χ2n) is 3.51. The number of benzene rings is 1. The van der Waals surface area contributed by atoms with Crippen molar-refractivity contribution in [2.24, 2.45) is 0 Å². The van der Waals surface area contributed by atoms with Gasteiger partial charge < -0.3 is 5.73 Å². The average Bonchev–Trinajstić information content (AvgIpc) is 2.65. The van der Waals surface area contributed by atoms with Gasteiger partial charge in [0.25, 0.3) is 0 Å². The molecule has 3 heteroatoms. The van der Waals surface area contributed by atoms with E-state index in [1.807, 2.05) is 18.2 Å².